The van der Waals surface area contributed by atoms with Gasteiger partial charge in [-0.3, -0.25) is 4.79 Å². The maximum Gasteiger partial charge on any atom is 0.133 e. The maximum absolute atomic E-state index is 11.1. The number of carbonyl (C=O) groups excluding carboxylic acids is 1. The molecular formula is C12H15NO. The zero-order chi connectivity index (χ0) is 10.1. The van der Waals surface area contributed by atoms with Crippen molar-refractivity contribution in [3.63, 3.8) is 0 Å². The molecule has 2 heteroatoms. The maximum atomic E-state index is 11.1. The molecule has 0 saturated heterocycles. The third kappa shape index (κ3) is 1.52. The largest absolute Gasteiger partial charge is 0.373 e. The standard InChI is InChI=1S/C12H15NO/c1-9(14)7-10-8-13(2)12-6-4-3-5-11(10)12/h3-6,8,11-12H,7H2,1-2H3. The van der Waals surface area contributed by atoms with Gasteiger partial charge in [-0.2, -0.15) is 0 Å². The Morgan fingerprint density at radius 1 is 1.43 bits per heavy atom. The molecule has 0 N–H and O–H groups in total. The number of likely N-dealkylation sites (N-methyl/N-ethyl adjacent to an activating group) is 1. The lowest BCUT2D eigenvalue weighted by atomic mass is 9.89. The Labute approximate surface area is 84.6 Å². The van der Waals surface area contributed by atoms with Crippen molar-refractivity contribution < 1.29 is 4.79 Å². The van der Waals surface area contributed by atoms with Gasteiger partial charge in [0.25, 0.3) is 0 Å². The SMILES string of the molecule is CC(=O)CC1=CN(C)C2C=CC=CC12. The molecule has 0 amide bonds. The lowest BCUT2D eigenvalue weighted by Gasteiger charge is -2.24. The van der Waals surface area contributed by atoms with Gasteiger partial charge in [-0.05, 0) is 18.7 Å². The number of hydrogen-bond acceptors (Lipinski definition) is 2. The van der Waals surface area contributed by atoms with Crippen LogP contribution < -0.4 is 0 Å². The van der Waals surface area contributed by atoms with Crippen molar-refractivity contribution in [3.05, 3.63) is 36.1 Å². The molecule has 0 spiro atoms. The molecule has 2 rings (SSSR count). The number of fused-ring (bicyclic) bond motifs is 1. The molecule has 0 radical (unpaired) electrons. The van der Waals surface area contributed by atoms with Gasteiger partial charge < -0.3 is 4.90 Å². The molecule has 0 bridgehead atoms. The normalized spacial score (nSPS) is 29.0. The summed E-state index contributed by atoms with van der Waals surface area (Å²) in [5.41, 5.74) is 1.24. The van der Waals surface area contributed by atoms with Crippen LogP contribution in [0.1, 0.15) is 13.3 Å². The van der Waals surface area contributed by atoms with E-state index in [9.17, 15) is 4.79 Å². The molecule has 1 aliphatic carbocycles. The smallest absolute Gasteiger partial charge is 0.133 e. The summed E-state index contributed by atoms with van der Waals surface area (Å²) in [7, 11) is 2.06. The molecule has 0 aromatic rings. The highest BCUT2D eigenvalue weighted by Crippen LogP contribution is 2.33. The molecular weight excluding hydrogens is 174 g/mol. The highest BCUT2D eigenvalue weighted by atomic mass is 16.1. The van der Waals surface area contributed by atoms with Crippen molar-refractivity contribution in [2.45, 2.75) is 19.4 Å². The van der Waals surface area contributed by atoms with Crippen molar-refractivity contribution in [1.82, 2.24) is 4.90 Å². The number of carbonyl (C=O) groups is 1. The summed E-state index contributed by atoms with van der Waals surface area (Å²) in [6, 6.07) is 0.425. The van der Waals surface area contributed by atoms with Crippen LogP contribution in [0.2, 0.25) is 0 Å². The van der Waals surface area contributed by atoms with Crippen LogP contribution in [0.4, 0.5) is 0 Å². The second kappa shape index (κ2) is 3.45. The number of allylic oxidation sites excluding steroid dienone is 2. The number of Topliss-reactive ketones (excluding diaryl/α,β-unsaturated/α-hetero) is 1. The molecule has 74 valence electrons. The first kappa shape index (κ1) is 9.25. The minimum Gasteiger partial charge on any atom is -0.373 e. The van der Waals surface area contributed by atoms with Crippen molar-refractivity contribution in [1.29, 1.82) is 0 Å². The quantitative estimate of drug-likeness (QED) is 0.661. The van der Waals surface area contributed by atoms with Crippen LogP contribution in [0.3, 0.4) is 0 Å². The van der Waals surface area contributed by atoms with Gasteiger partial charge >= 0.3 is 0 Å². The Hall–Kier alpha value is -1.31. The van der Waals surface area contributed by atoms with E-state index in [1.54, 1.807) is 6.92 Å². The predicted octanol–water partition coefficient (Wildman–Crippen LogP) is 1.91. The van der Waals surface area contributed by atoms with Crippen molar-refractivity contribution in [2.75, 3.05) is 7.05 Å². The van der Waals surface area contributed by atoms with E-state index in [0.717, 1.165) is 0 Å². The molecule has 2 nitrogen and oxygen atoms in total. The van der Waals surface area contributed by atoms with Crippen molar-refractivity contribution in [3.8, 4) is 0 Å². The Morgan fingerprint density at radius 3 is 2.86 bits per heavy atom. The average molecular weight is 189 g/mol. The number of nitrogens with zero attached hydrogens (tertiary/aromatic N) is 1. The van der Waals surface area contributed by atoms with Gasteiger partial charge in [0.15, 0.2) is 0 Å². The topological polar surface area (TPSA) is 20.3 Å². The number of hydrogen-bond donors (Lipinski definition) is 0. The molecule has 1 aliphatic heterocycles. The third-order valence-corrected chi connectivity index (χ3v) is 2.83. The molecule has 2 unspecified atom stereocenters. The zero-order valence-corrected chi connectivity index (χ0v) is 8.60. The molecule has 1 heterocycles. The van der Waals surface area contributed by atoms with Crippen LogP contribution in [-0.2, 0) is 4.79 Å². The molecule has 0 aromatic heterocycles. The first-order chi connectivity index (χ1) is 6.68. The second-order valence-electron chi connectivity index (χ2n) is 4.03. The monoisotopic (exact) mass is 189 g/mol. The molecule has 14 heavy (non-hydrogen) atoms. The first-order valence-corrected chi connectivity index (χ1v) is 4.95. The third-order valence-electron chi connectivity index (χ3n) is 2.83. The van der Waals surface area contributed by atoms with E-state index in [1.165, 1.54) is 5.57 Å². The van der Waals surface area contributed by atoms with E-state index < -0.39 is 0 Å². The number of rotatable bonds is 2. The minimum atomic E-state index is 0.244. The number of ketones is 1. The van der Waals surface area contributed by atoms with Gasteiger partial charge in [-0.25, -0.2) is 0 Å². The fourth-order valence-electron chi connectivity index (χ4n) is 2.21. The van der Waals surface area contributed by atoms with E-state index in [1.807, 2.05) is 0 Å². The summed E-state index contributed by atoms with van der Waals surface area (Å²) in [5, 5.41) is 0. The summed E-state index contributed by atoms with van der Waals surface area (Å²) >= 11 is 0. The van der Waals surface area contributed by atoms with E-state index in [0.29, 0.717) is 18.4 Å². The van der Waals surface area contributed by atoms with Gasteiger partial charge in [0, 0.05) is 19.4 Å². The van der Waals surface area contributed by atoms with Gasteiger partial charge in [-0.1, -0.05) is 24.3 Å². The van der Waals surface area contributed by atoms with E-state index >= 15 is 0 Å². The van der Waals surface area contributed by atoms with Crippen LogP contribution in [0.5, 0.6) is 0 Å². The molecule has 2 atom stereocenters. The van der Waals surface area contributed by atoms with Crippen LogP contribution in [-0.4, -0.2) is 23.8 Å². The van der Waals surface area contributed by atoms with E-state index in [4.69, 9.17) is 0 Å². The molecule has 0 aromatic carbocycles. The van der Waals surface area contributed by atoms with Gasteiger partial charge in [0.1, 0.15) is 5.78 Å². The van der Waals surface area contributed by atoms with Crippen molar-refractivity contribution >= 4 is 5.78 Å². The molecule has 0 saturated carbocycles. The average Bonchev–Trinajstić information content (AvgIpc) is 2.44. The van der Waals surface area contributed by atoms with Crippen LogP contribution in [0.15, 0.2) is 36.1 Å². The van der Waals surface area contributed by atoms with Gasteiger partial charge in [0.05, 0.1) is 6.04 Å². The Balaban J connectivity index is 2.19. The lowest BCUT2D eigenvalue weighted by molar-refractivity contribution is -0.116. The Kier molecular flexibility index (Phi) is 2.28. The van der Waals surface area contributed by atoms with Crippen LogP contribution in [0.25, 0.3) is 0 Å². The Morgan fingerprint density at radius 2 is 2.14 bits per heavy atom. The summed E-state index contributed by atoms with van der Waals surface area (Å²) in [6.07, 6.45) is 11.2. The summed E-state index contributed by atoms with van der Waals surface area (Å²) in [4.78, 5) is 13.3. The van der Waals surface area contributed by atoms with E-state index in [-0.39, 0.29) is 5.78 Å². The zero-order valence-electron chi connectivity index (χ0n) is 8.60. The summed E-state index contributed by atoms with van der Waals surface area (Å²) in [6.45, 7) is 1.65. The highest BCUT2D eigenvalue weighted by molar-refractivity contribution is 5.78. The highest BCUT2D eigenvalue weighted by Gasteiger charge is 2.30. The Bertz CT molecular complexity index is 338. The lowest BCUT2D eigenvalue weighted by Crippen LogP contribution is -2.27. The predicted molar refractivity (Wildman–Crippen MR) is 56.7 cm³/mol. The van der Waals surface area contributed by atoms with Crippen LogP contribution in [0, 0.1) is 5.92 Å². The fourth-order valence-corrected chi connectivity index (χ4v) is 2.21. The first-order valence-electron chi connectivity index (χ1n) is 4.95. The van der Waals surface area contributed by atoms with E-state index in [2.05, 4.69) is 42.5 Å². The fraction of sp³-hybridized carbons (Fsp3) is 0.417. The molecule has 0 fully saturated rings. The second-order valence-corrected chi connectivity index (χ2v) is 4.03. The van der Waals surface area contributed by atoms with Gasteiger partial charge in [-0.15, -0.1) is 0 Å². The van der Waals surface area contributed by atoms with Crippen LogP contribution >= 0.6 is 0 Å². The van der Waals surface area contributed by atoms with Gasteiger partial charge in [0.2, 0.25) is 0 Å². The summed E-state index contributed by atoms with van der Waals surface area (Å²) in [5.74, 6) is 0.655. The van der Waals surface area contributed by atoms with Crippen molar-refractivity contribution in [2.24, 2.45) is 5.92 Å². The summed E-state index contributed by atoms with van der Waals surface area (Å²) < 4.78 is 0. The minimum absolute atomic E-state index is 0.244. The molecule has 2 aliphatic rings.